The van der Waals surface area contributed by atoms with Crippen molar-refractivity contribution in [2.75, 3.05) is 6.54 Å². The molecule has 1 atom stereocenters. The Bertz CT molecular complexity index is 1620. The van der Waals surface area contributed by atoms with Crippen LogP contribution in [-0.4, -0.2) is 29.4 Å². The lowest BCUT2D eigenvalue weighted by Gasteiger charge is -2.18. The highest BCUT2D eigenvalue weighted by molar-refractivity contribution is 6.30. The second kappa shape index (κ2) is 13.8. The van der Waals surface area contributed by atoms with E-state index in [1.165, 1.54) is 12.1 Å². The van der Waals surface area contributed by atoms with Gasteiger partial charge in [0.2, 0.25) is 0 Å². The van der Waals surface area contributed by atoms with Crippen LogP contribution in [-0.2, 0) is 15.8 Å². The van der Waals surface area contributed by atoms with Crippen LogP contribution in [0, 0.1) is 0 Å². The van der Waals surface area contributed by atoms with E-state index in [-0.39, 0.29) is 29.8 Å². The third kappa shape index (κ3) is 8.80. The van der Waals surface area contributed by atoms with Gasteiger partial charge in [0.1, 0.15) is 5.70 Å². The number of carbonyl (C=O) groups is 3. The van der Waals surface area contributed by atoms with Gasteiger partial charge in [-0.05, 0) is 64.7 Å². The number of carbonyl (C=O) groups excluding carboxylic acids is 2. The van der Waals surface area contributed by atoms with Crippen LogP contribution in [0.2, 0.25) is 5.02 Å². The fourth-order valence-corrected chi connectivity index (χ4v) is 4.46. The number of benzene rings is 4. The predicted octanol–water partition coefficient (Wildman–Crippen LogP) is 7.17. The molecule has 10 heteroatoms. The molecule has 6 nitrogen and oxygen atoms in total. The molecule has 0 unspecified atom stereocenters. The Morgan fingerprint density at radius 3 is 2.12 bits per heavy atom. The minimum Gasteiger partial charge on any atom is -0.481 e. The number of halogens is 4. The van der Waals surface area contributed by atoms with E-state index in [0.717, 1.165) is 29.3 Å². The Labute approximate surface area is 250 Å². The average molecular weight is 607 g/mol. The van der Waals surface area contributed by atoms with Crippen LogP contribution in [0.5, 0.6) is 0 Å². The van der Waals surface area contributed by atoms with Gasteiger partial charge in [-0.25, -0.2) is 0 Å². The Balaban J connectivity index is 1.59. The lowest BCUT2D eigenvalue weighted by Crippen LogP contribution is -2.37. The van der Waals surface area contributed by atoms with Crippen molar-refractivity contribution in [1.29, 1.82) is 0 Å². The molecular formula is C33H26ClF3N2O4. The molecule has 0 aliphatic carbocycles. The van der Waals surface area contributed by atoms with E-state index in [0.29, 0.717) is 10.6 Å². The van der Waals surface area contributed by atoms with Gasteiger partial charge in [0.15, 0.2) is 0 Å². The summed E-state index contributed by atoms with van der Waals surface area (Å²) in [6.07, 6.45) is -3.79. The molecule has 0 saturated heterocycles. The largest absolute Gasteiger partial charge is 0.481 e. The Morgan fingerprint density at radius 1 is 0.837 bits per heavy atom. The fourth-order valence-electron chi connectivity index (χ4n) is 4.33. The molecule has 0 fully saturated rings. The van der Waals surface area contributed by atoms with Crippen LogP contribution < -0.4 is 10.6 Å². The molecule has 3 N–H and O–H groups in total. The summed E-state index contributed by atoms with van der Waals surface area (Å²) in [5.74, 6) is -3.21. The number of aliphatic carboxylic acids is 1. The van der Waals surface area contributed by atoms with Crippen molar-refractivity contribution in [3.8, 4) is 11.1 Å². The van der Waals surface area contributed by atoms with Crippen LogP contribution in [0.4, 0.5) is 13.2 Å². The Hall–Kier alpha value is -4.89. The van der Waals surface area contributed by atoms with Gasteiger partial charge < -0.3 is 15.7 Å². The van der Waals surface area contributed by atoms with E-state index in [4.69, 9.17) is 11.6 Å². The van der Waals surface area contributed by atoms with Crippen molar-refractivity contribution in [1.82, 2.24) is 10.6 Å². The van der Waals surface area contributed by atoms with Gasteiger partial charge in [-0.2, -0.15) is 13.2 Å². The van der Waals surface area contributed by atoms with Gasteiger partial charge in [-0.3, -0.25) is 14.4 Å². The summed E-state index contributed by atoms with van der Waals surface area (Å²) in [6, 6.07) is 26.9. The van der Waals surface area contributed by atoms with Gasteiger partial charge in [-0.1, -0.05) is 78.3 Å². The highest BCUT2D eigenvalue weighted by atomic mass is 35.5. The second-order valence-electron chi connectivity index (χ2n) is 9.64. The fraction of sp³-hybridized carbons (Fsp3) is 0.121. The number of amides is 2. The molecule has 0 aromatic heterocycles. The third-order valence-electron chi connectivity index (χ3n) is 6.54. The summed E-state index contributed by atoms with van der Waals surface area (Å²) in [4.78, 5) is 38.0. The summed E-state index contributed by atoms with van der Waals surface area (Å²) in [5, 5.41) is 15.0. The van der Waals surface area contributed by atoms with Crippen molar-refractivity contribution in [3.05, 3.63) is 136 Å². The minimum absolute atomic E-state index is 0.0273. The van der Waals surface area contributed by atoms with E-state index >= 15 is 0 Å². The number of hydrogen-bond acceptors (Lipinski definition) is 3. The van der Waals surface area contributed by atoms with Crippen LogP contribution >= 0.6 is 11.6 Å². The lowest BCUT2D eigenvalue weighted by molar-refractivity contribution is -0.138. The van der Waals surface area contributed by atoms with Crippen molar-refractivity contribution in [2.45, 2.75) is 18.5 Å². The maximum Gasteiger partial charge on any atom is 0.416 e. The van der Waals surface area contributed by atoms with Crippen LogP contribution in [0.25, 0.3) is 17.2 Å². The highest BCUT2D eigenvalue weighted by Gasteiger charge is 2.30. The van der Waals surface area contributed by atoms with Crippen molar-refractivity contribution < 1.29 is 32.7 Å². The van der Waals surface area contributed by atoms with Crippen molar-refractivity contribution >= 4 is 35.5 Å². The van der Waals surface area contributed by atoms with Crippen LogP contribution in [0.15, 0.2) is 109 Å². The molecule has 0 heterocycles. The van der Waals surface area contributed by atoms with E-state index < -0.39 is 35.4 Å². The molecule has 43 heavy (non-hydrogen) atoms. The maximum atomic E-state index is 13.3. The molecule has 0 saturated carbocycles. The standard InChI is InChI=1S/C33H26ClF3N2O4/c34-28-15-13-24(14-16-28)26(19-30(40)41)20-38-32(43)29(18-21-5-4-8-27(17-21)33(35,36)37)39-31(42)25-11-9-23(10-12-25)22-6-2-1-3-7-22/h1-18,26H,19-20H2,(H,38,43)(H,39,42)(H,40,41)/b29-18+/t26-/m0/s1. The van der Waals surface area contributed by atoms with Crippen LogP contribution in [0.3, 0.4) is 0 Å². The van der Waals surface area contributed by atoms with Crippen molar-refractivity contribution in [2.24, 2.45) is 0 Å². The first-order valence-corrected chi connectivity index (χ1v) is 13.5. The smallest absolute Gasteiger partial charge is 0.416 e. The summed E-state index contributed by atoms with van der Waals surface area (Å²) in [7, 11) is 0. The number of carboxylic acids is 1. The van der Waals surface area contributed by atoms with Gasteiger partial charge in [0.05, 0.1) is 12.0 Å². The van der Waals surface area contributed by atoms with E-state index in [1.54, 1.807) is 48.5 Å². The molecule has 4 aromatic rings. The molecule has 4 aromatic carbocycles. The normalized spacial score (nSPS) is 12.3. The van der Waals surface area contributed by atoms with E-state index in [1.807, 2.05) is 30.3 Å². The molecule has 0 aliphatic heterocycles. The van der Waals surface area contributed by atoms with E-state index in [9.17, 15) is 32.7 Å². The monoisotopic (exact) mass is 606 g/mol. The van der Waals surface area contributed by atoms with Gasteiger partial charge >= 0.3 is 12.1 Å². The zero-order valence-electron chi connectivity index (χ0n) is 22.6. The minimum atomic E-state index is -4.61. The molecular weight excluding hydrogens is 581 g/mol. The SMILES string of the molecule is O=C(O)C[C@@H](CNC(=O)/C(=C\c1cccc(C(F)(F)F)c1)NC(=O)c1ccc(-c2ccccc2)cc1)c1ccc(Cl)cc1. The maximum absolute atomic E-state index is 13.3. The summed E-state index contributed by atoms with van der Waals surface area (Å²) < 4.78 is 40.0. The topological polar surface area (TPSA) is 95.5 Å². The molecule has 220 valence electrons. The third-order valence-corrected chi connectivity index (χ3v) is 6.80. The molecule has 4 rings (SSSR count). The molecule has 2 amide bonds. The quantitative estimate of drug-likeness (QED) is 0.167. The van der Waals surface area contributed by atoms with Crippen molar-refractivity contribution in [3.63, 3.8) is 0 Å². The second-order valence-corrected chi connectivity index (χ2v) is 10.1. The van der Waals surface area contributed by atoms with Gasteiger partial charge in [-0.15, -0.1) is 0 Å². The number of rotatable bonds is 10. The summed E-state index contributed by atoms with van der Waals surface area (Å²) >= 11 is 5.94. The zero-order chi connectivity index (χ0) is 31.0. The van der Waals surface area contributed by atoms with E-state index in [2.05, 4.69) is 10.6 Å². The van der Waals surface area contributed by atoms with Crippen LogP contribution in [0.1, 0.15) is 39.4 Å². The van der Waals surface area contributed by atoms with Gasteiger partial charge in [0.25, 0.3) is 11.8 Å². The number of hydrogen-bond donors (Lipinski definition) is 3. The summed E-state index contributed by atoms with van der Waals surface area (Å²) in [6.45, 7) is -0.131. The summed E-state index contributed by atoms with van der Waals surface area (Å²) in [5.41, 5.74) is 1.41. The zero-order valence-corrected chi connectivity index (χ0v) is 23.3. The first kappa shape index (κ1) is 31.1. The molecule has 0 bridgehead atoms. The Morgan fingerprint density at radius 2 is 1.49 bits per heavy atom. The number of nitrogens with one attached hydrogen (secondary N) is 2. The number of carboxylic acid groups (broad SMARTS) is 1. The average Bonchev–Trinajstić information content (AvgIpc) is 2.99. The molecule has 0 aliphatic rings. The first-order valence-electron chi connectivity index (χ1n) is 13.1. The molecule has 0 spiro atoms. The predicted molar refractivity (Wildman–Crippen MR) is 158 cm³/mol. The lowest BCUT2D eigenvalue weighted by atomic mass is 9.95. The highest BCUT2D eigenvalue weighted by Crippen LogP contribution is 2.30. The number of alkyl halides is 3. The van der Waals surface area contributed by atoms with Gasteiger partial charge in [0, 0.05) is 23.0 Å². The molecule has 0 radical (unpaired) electrons. The first-order chi connectivity index (χ1) is 20.5. The Kier molecular flexibility index (Phi) is 10.0.